The first-order valence-electron chi connectivity index (χ1n) is 5.71. The number of nitriles is 1. The van der Waals surface area contributed by atoms with Crippen molar-refractivity contribution in [2.24, 2.45) is 0 Å². The van der Waals surface area contributed by atoms with Crippen molar-refractivity contribution < 1.29 is 0 Å². The molecule has 1 aromatic rings. The summed E-state index contributed by atoms with van der Waals surface area (Å²) >= 11 is 0. The van der Waals surface area contributed by atoms with Crippen molar-refractivity contribution in [3.8, 4) is 6.07 Å². The summed E-state index contributed by atoms with van der Waals surface area (Å²) < 4.78 is 0. The second kappa shape index (κ2) is 3.94. The Kier molecular flexibility index (Phi) is 3.15. The van der Waals surface area contributed by atoms with Gasteiger partial charge in [0.25, 0.3) is 0 Å². The van der Waals surface area contributed by atoms with Crippen LogP contribution in [0.25, 0.3) is 0 Å². The highest BCUT2D eigenvalue weighted by molar-refractivity contribution is 5.45. The smallest absolute Gasteiger partial charge is 0.0994 e. The van der Waals surface area contributed by atoms with Gasteiger partial charge in [0, 0.05) is 0 Å². The Hall–Kier alpha value is -1.29. The third kappa shape index (κ3) is 2.64. The van der Waals surface area contributed by atoms with Gasteiger partial charge in [0.1, 0.15) is 0 Å². The van der Waals surface area contributed by atoms with Crippen LogP contribution >= 0.6 is 0 Å². The Balaban J connectivity index is 3.41. The first-order chi connectivity index (χ1) is 7.16. The van der Waals surface area contributed by atoms with Crippen molar-refractivity contribution in [1.29, 1.82) is 5.26 Å². The zero-order valence-corrected chi connectivity index (χ0v) is 11.2. The highest BCUT2D eigenvalue weighted by Crippen LogP contribution is 2.30. The van der Waals surface area contributed by atoms with E-state index in [0.29, 0.717) is 0 Å². The Labute approximate surface area is 99.1 Å². The highest BCUT2D eigenvalue weighted by Gasteiger charge is 2.21. The van der Waals surface area contributed by atoms with Crippen molar-refractivity contribution in [1.82, 2.24) is 0 Å². The van der Waals surface area contributed by atoms with Crippen LogP contribution in [0.1, 0.15) is 58.2 Å². The normalized spacial score (nSPS) is 12.3. The maximum absolute atomic E-state index is 9.13. The van der Waals surface area contributed by atoms with Gasteiger partial charge < -0.3 is 0 Å². The molecule has 0 atom stereocenters. The predicted octanol–water partition coefficient (Wildman–Crippen LogP) is 4.15. The maximum atomic E-state index is 9.13. The molecule has 0 aromatic heterocycles. The van der Waals surface area contributed by atoms with Crippen molar-refractivity contribution >= 4 is 0 Å². The summed E-state index contributed by atoms with van der Waals surface area (Å²) in [7, 11) is 0. The molecule has 0 saturated heterocycles. The van der Waals surface area contributed by atoms with Crippen LogP contribution in [0.4, 0.5) is 0 Å². The minimum absolute atomic E-state index is 0.0202. The molecule has 86 valence electrons. The van der Waals surface area contributed by atoms with Crippen LogP contribution < -0.4 is 0 Å². The summed E-state index contributed by atoms with van der Waals surface area (Å²) in [6, 6.07) is 8.47. The molecule has 1 heteroatoms. The molecule has 0 heterocycles. The zero-order chi connectivity index (χ0) is 12.6. The molecule has 1 rings (SSSR count). The molecule has 16 heavy (non-hydrogen) atoms. The third-order valence-electron chi connectivity index (χ3n) is 2.81. The number of hydrogen-bond acceptors (Lipinski definition) is 1. The van der Waals surface area contributed by atoms with E-state index in [1.165, 1.54) is 5.56 Å². The fraction of sp³-hybridized carbons (Fsp3) is 0.533. The highest BCUT2D eigenvalue weighted by atomic mass is 14.3. The second-order valence-corrected chi connectivity index (χ2v) is 6.37. The van der Waals surface area contributed by atoms with Crippen molar-refractivity contribution in [2.45, 2.75) is 52.4 Å². The predicted molar refractivity (Wildman–Crippen MR) is 68.6 cm³/mol. The van der Waals surface area contributed by atoms with Gasteiger partial charge in [0.15, 0.2) is 0 Å². The van der Waals surface area contributed by atoms with Gasteiger partial charge in [-0.05, 0) is 28.0 Å². The van der Waals surface area contributed by atoms with Gasteiger partial charge in [-0.15, -0.1) is 0 Å². The van der Waals surface area contributed by atoms with Crippen LogP contribution in [0.15, 0.2) is 18.2 Å². The van der Waals surface area contributed by atoms with Gasteiger partial charge in [-0.25, -0.2) is 0 Å². The monoisotopic (exact) mass is 215 g/mol. The molecule has 0 fully saturated rings. The fourth-order valence-electron chi connectivity index (χ4n) is 1.73. The molecular weight excluding hydrogens is 194 g/mol. The molecule has 0 amide bonds. The SMILES string of the molecule is CC(C)(C)c1ccc(C#N)c(C(C)(C)C)c1. The summed E-state index contributed by atoms with van der Waals surface area (Å²) in [5.41, 5.74) is 3.37. The van der Waals surface area contributed by atoms with E-state index in [4.69, 9.17) is 5.26 Å². The van der Waals surface area contributed by atoms with E-state index >= 15 is 0 Å². The minimum atomic E-state index is 0.0202. The lowest BCUT2D eigenvalue weighted by Crippen LogP contribution is -2.17. The third-order valence-corrected chi connectivity index (χ3v) is 2.81. The molecule has 0 N–H and O–H groups in total. The Bertz CT molecular complexity index is 422. The van der Waals surface area contributed by atoms with Crippen molar-refractivity contribution in [2.75, 3.05) is 0 Å². The van der Waals surface area contributed by atoms with Gasteiger partial charge in [-0.3, -0.25) is 0 Å². The first kappa shape index (κ1) is 12.8. The van der Waals surface area contributed by atoms with Gasteiger partial charge in [0.2, 0.25) is 0 Å². The molecule has 0 aliphatic rings. The van der Waals surface area contributed by atoms with Gasteiger partial charge >= 0.3 is 0 Å². The van der Waals surface area contributed by atoms with Gasteiger partial charge in [0.05, 0.1) is 11.6 Å². The van der Waals surface area contributed by atoms with Crippen molar-refractivity contribution in [3.63, 3.8) is 0 Å². The molecule has 1 nitrogen and oxygen atoms in total. The zero-order valence-electron chi connectivity index (χ0n) is 11.2. The number of hydrogen-bond donors (Lipinski definition) is 0. The summed E-state index contributed by atoms with van der Waals surface area (Å²) in [5.74, 6) is 0. The van der Waals surface area contributed by atoms with E-state index in [2.05, 4.69) is 59.7 Å². The average molecular weight is 215 g/mol. The first-order valence-corrected chi connectivity index (χ1v) is 5.71. The van der Waals surface area contributed by atoms with Crippen LogP contribution in [0, 0.1) is 11.3 Å². The van der Waals surface area contributed by atoms with Crippen LogP contribution in [-0.2, 0) is 10.8 Å². The van der Waals surface area contributed by atoms with E-state index < -0.39 is 0 Å². The Morgan fingerprint density at radius 3 is 1.88 bits per heavy atom. The van der Waals surface area contributed by atoms with E-state index in [-0.39, 0.29) is 10.8 Å². The number of nitrogens with zero attached hydrogens (tertiary/aromatic N) is 1. The van der Waals surface area contributed by atoms with E-state index in [0.717, 1.165) is 11.1 Å². The standard InChI is InChI=1S/C15H21N/c1-14(2,3)12-8-7-11(10-16)13(9-12)15(4,5)6/h7-9H,1-6H3. The summed E-state index contributed by atoms with van der Waals surface area (Å²) in [6.45, 7) is 13.0. The molecular formula is C15H21N. The average Bonchev–Trinajstić information content (AvgIpc) is 2.14. The Morgan fingerprint density at radius 1 is 0.938 bits per heavy atom. The molecule has 0 bridgehead atoms. The molecule has 0 spiro atoms. The van der Waals surface area contributed by atoms with Crippen LogP contribution in [0.3, 0.4) is 0 Å². The summed E-state index contributed by atoms with van der Waals surface area (Å²) in [4.78, 5) is 0. The lowest BCUT2D eigenvalue weighted by atomic mass is 9.79. The molecule has 0 saturated carbocycles. The molecule has 1 aromatic carbocycles. The minimum Gasteiger partial charge on any atom is -0.192 e. The molecule has 0 aliphatic carbocycles. The second-order valence-electron chi connectivity index (χ2n) is 6.37. The fourth-order valence-corrected chi connectivity index (χ4v) is 1.73. The quantitative estimate of drug-likeness (QED) is 0.637. The number of benzene rings is 1. The Morgan fingerprint density at radius 2 is 1.50 bits per heavy atom. The molecule has 0 radical (unpaired) electrons. The van der Waals surface area contributed by atoms with Gasteiger partial charge in [-0.1, -0.05) is 53.7 Å². The van der Waals surface area contributed by atoms with Crippen LogP contribution in [0.5, 0.6) is 0 Å². The summed E-state index contributed by atoms with van der Waals surface area (Å²) in [6.07, 6.45) is 0. The summed E-state index contributed by atoms with van der Waals surface area (Å²) in [5, 5.41) is 9.13. The topological polar surface area (TPSA) is 23.8 Å². The molecule has 0 unspecified atom stereocenters. The maximum Gasteiger partial charge on any atom is 0.0994 e. The lowest BCUT2D eigenvalue weighted by molar-refractivity contribution is 0.567. The van der Waals surface area contributed by atoms with Crippen LogP contribution in [0.2, 0.25) is 0 Å². The van der Waals surface area contributed by atoms with Crippen molar-refractivity contribution in [3.05, 3.63) is 34.9 Å². The van der Waals surface area contributed by atoms with E-state index in [1.54, 1.807) is 0 Å². The largest absolute Gasteiger partial charge is 0.192 e. The number of rotatable bonds is 0. The van der Waals surface area contributed by atoms with Gasteiger partial charge in [-0.2, -0.15) is 5.26 Å². The van der Waals surface area contributed by atoms with E-state index in [1.807, 2.05) is 6.07 Å². The van der Waals surface area contributed by atoms with Crippen LogP contribution in [-0.4, -0.2) is 0 Å². The lowest BCUT2D eigenvalue weighted by Gasteiger charge is -2.25. The molecule has 0 aliphatic heterocycles. The van der Waals surface area contributed by atoms with E-state index in [9.17, 15) is 0 Å².